The molecule has 0 radical (unpaired) electrons. The highest BCUT2D eigenvalue weighted by Crippen LogP contribution is 2.11. The fourth-order valence-corrected chi connectivity index (χ4v) is 0.960. The second kappa shape index (κ2) is 2.79. The molecule has 0 fully saturated rings. The maximum absolute atomic E-state index is 3.97. The number of aromatic nitrogens is 2. The maximum Gasteiger partial charge on any atom is 0.101 e. The fourth-order valence-electron chi connectivity index (χ4n) is 0.960. The second-order valence-corrected chi connectivity index (χ2v) is 2.90. The Morgan fingerprint density at radius 3 is 2.64 bits per heavy atom. The summed E-state index contributed by atoms with van der Waals surface area (Å²) < 4.78 is 1.99. The highest BCUT2D eigenvalue weighted by molar-refractivity contribution is 5.11. The van der Waals surface area contributed by atoms with Gasteiger partial charge in [-0.1, -0.05) is 5.92 Å². The Morgan fingerprint density at radius 1 is 1.45 bits per heavy atom. The van der Waals surface area contributed by atoms with Crippen molar-refractivity contribution in [1.29, 1.82) is 0 Å². The predicted octanol–water partition coefficient (Wildman–Crippen LogP) is 1.64. The van der Waals surface area contributed by atoms with Gasteiger partial charge in [0.25, 0.3) is 0 Å². The lowest BCUT2D eigenvalue weighted by Crippen LogP contribution is -2.22. The van der Waals surface area contributed by atoms with Crippen LogP contribution < -0.4 is 0 Å². The zero-order valence-corrected chi connectivity index (χ0v) is 7.13. The van der Waals surface area contributed by atoms with E-state index in [9.17, 15) is 0 Å². The molecule has 1 aromatic heterocycles. The van der Waals surface area contributed by atoms with Crippen LogP contribution >= 0.6 is 0 Å². The summed E-state index contributed by atoms with van der Waals surface area (Å²) in [6, 6.07) is 0. The molecule has 58 valence electrons. The SMILES string of the molecule is CC#CC(C)(C)n1ccnc1. The minimum atomic E-state index is -0.134. The first-order chi connectivity index (χ1) is 5.17. The van der Waals surface area contributed by atoms with Crippen LogP contribution in [-0.2, 0) is 5.54 Å². The number of hydrogen-bond acceptors (Lipinski definition) is 1. The second-order valence-electron chi connectivity index (χ2n) is 2.90. The zero-order valence-electron chi connectivity index (χ0n) is 7.13. The quantitative estimate of drug-likeness (QED) is 0.553. The first-order valence-electron chi connectivity index (χ1n) is 3.59. The van der Waals surface area contributed by atoms with Crippen LogP contribution in [0.4, 0.5) is 0 Å². The van der Waals surface area contributed by atoms with Crippen molar-refractivity contribution in [2.24, 2.45) is 0 Å². The number of imidazole rings is 1. The van der Waals surface area contributed by atoms with Gasteiger partial charge in [-0.3, -0.25) is 0 Å². The molecule has 0 unspecified atom stereocenters. The van der Waals surface area contributed by atoms with Crippen LogP contribution in [0.2, 0.25) is 0 Å². The van der Waals surface area contributed by atoms with Crippen molar-refractivity contribution in [1.82, 2.24) is 9.55 Å². The predicted molar refractivity (Wildman–Crippen MR) is 45.0 cm³/mol. The lowest BCUT2D eigenvalue weighted by Gasteiger charge is -2.18. The maximum atomic E-state index is 3.97. The third-order valence-corrected chi connectivity index (χ3v) is 1.58. The Morgan fingerprint density at radius 2 is 2.18 bits per heavy atom. The standard InChI is InChI=1S/C9H12N2/c1-4-5-9(2,3)11-7-6-10-8-11/h6-8H,1-3H3. The van der Waals surface area contributed by atoms with Crippen molar-refractivity contribution in [3.8, 4) is 11.8 Å². The highest BCUT2D eigenvalue weighted by Gasteiger charge is 2.14. The molecule has 2 nitrogen and oxygen atoms in total. The molecule has 0 bridgehead atoms. The van der Waals surface area contributed by atoms with Gasteiger partial charge in [0.2, 0.25) is 0 Å². The first kappa shape index (κ1) is 7.87. The van der Waals surface area contributed by atoms with Gasteiger partial charge in [0.1, 0.15) is 5.54 Å². The van der Waals surface area contributed by atoms with Gasteiger partial charge >= 0.3 is 0 Å². The van der Waals surface area contributed by atoms with E-state index >= 15 is 0 Å². The molecule has 0 aliphatic carbocycles. The van der Waals surface area contributed by atoms with E-state index < -0.39 is 0 Å². The number of hydrogen-bond donors (Lipinski definition) is 0. The van der Waals surface area contributed by atoms with E-state index in [0.29, 0.717) is 0 Å². The Kier molecular flexibility index (Phi) is 2.00. The van der Waals surface area contributed by atoms with Crippen LogP contribution in [0.1, 0.15) is 20.8 Å². The van der Waals surface area contributed by atoms with Crippen LogP contribution in [0.25, 0.3) is 0 Å². The average molecular weight is 148 g/mol. The molecule has 0 amide bonds. The van der Waals surface area contributed by atoms with Gasteiger partial charge in [-0.05, 0) is 20.8 Å². The van der Waals surface area contributed by atoms with E-state index in [2.05, 4.69) is 30.7 Å². The number of rotatable bonds is 1. The van der Waals surface area contributed by atoms with Crippen LogP contribution in [0.15, 0.2) is 18.7 Å². The first-order valence-corrected chi connectivity index (χ1v) is 3.59. The van der Waals surface area contributed by atoms with Crippen LogP contribution in [0.5, 0.6) is 0 Å². The average Bonchev–Trinajstić information content (AvgIpc) is 2.37. The van der Waals surface area contributed by atoms with Gasteiger partial charge in [0, 0.05) is 12.4 Å². The van der Waals surface area contributed by atoms with Crippen LogP contribution in [-0.4, -0.2) is 9.55 Å². The molecule has 0 aromatic carbocycles. The third kappa shape index (κ3) is 1.62. The monoisotopic (exact) mass is 148 g/mol. The van der Waals surface area contributed by atoms with Crippen molar-refractivity contribution >= 4 is 0 Å². The third-order valence-electron chi connectivity index (χ3n) is 1.58. The van der Waals surface area contributed by atoms with Gasteiger partial charge in [0.15, 0.2) is 0 Å². The Balaban J connectivity index is 2.96. The summed E-state index contributed by atoms with van der Waals surface area (Å²) >= 11 is 0. The fraction of sp³-hybridized carbons (Fsp3) is 0.444. The molecule has 0 N–H and O–H groups in total. The van der Waals surface area contributed by atoms with Crippen molar-refractivity contribution in [2.45, 2.75) is 26.3 Å². The molecular weight excluding hydrogens is 136 g/mol. The molecule has 1 heterocycles. The molecular formula is C9H12N2. The summed E-state index contributed by atoms with van der Waals surface area (Å²) in [6.07, 6.45) is 5.47. The molecule has 2 heteroatoms. The molecule has 0 atom stereocenters. The van der Waals surface area contributed by atoms with E-state index in [1.165, 1.54) is 0 Å². The smallest absolute Gasteiger partial charge is 0.101 e. The van der Waals surface area contributed by atoms with Crippen molar-refractivity contribution in [3.63, 3.8) is 0 Å². The molecule has 0 saturated carbocycles. The van der Waals surface area contributed by atoms with E-state index in [0.717, 1.165) is 0 Å². The Bertz CT molecular complexity index is 272. The summed E-state index contributed by atoms with van der Waals surface area (Å²) in [5.74, 6) is 5.99. The lowest BCUT2D eigenvalue weighted by molar-refractivity contribution is 0.474. The highest BCUT2D eigenvalue weighted by atomic mass is 15.1. The zero-order chi connectivity index (χ0) is 8.32. The van der Waals surface area contributed by atoms with Crippen molar-refractivity contribution in [3.05, 3.63) is 18.7 Å². The summed E-state index contributed by atoms with van der Waals surface area (Å²) in [6.45, 7) is 5.97. The normalized spacial score (nSPS) is 10.5. The summed E-state index contributed by atoms with van der Waals surface area (Å²) in [4.78, 5) is 3.97. The molecule has 1 aromatic rings. The van der Waals surface area contributed by atoms with Gasteiger partial charge in [-0.15, -0.1) is 5.92 Å². The van der Waals surface area contributed by atoms with E-state index in [1.54, 1.807) is 12.5 Å². The largest absolute Gasteiger partial charge is 0.321 e. The lowest BCUT2D eigenvalue weighted by atomic mass is 10.1. The Hall–Kier alpha value is -1.23. The van der Waals surface area contributed by atoms with Gasteiger partial charge in [-0.25, -0.2) is 4.98 Å². The molecule has 0 aliphatic heterocycles. The van der Waals surface area contributed by atoms with Crippen molar-refractivity contribution < 1.29 is 0 Å². The van der Waals surface area contributed by atoms with Crippen LogP contribution in [0.3, 0.4) is 0 Å². The molecule has 11 heavy (non-hydrogen) atoms. The summed E-state index contributed by atoms with van der Waals surface area (Å²) in [5, 5.41) is 0. The van der Waals surface area contributed by atoms with E-state index in [-0.39, 0.29) is 5.54 Å². The molecule has 1 rings (SSSR count). The van der Waals surface area contributed by atoms with Crippen LogP contribution in [0, 0.1) is 11.8 Å². The van der Waals surface area contributed by atoms with E-state index in [4.69, 9.17) is 0 Å². The van der Waals surface area contributed by atoms with Gasteiger partial charge in [-0.2, -0.15) is 0 Å². The summed E-state index contributed by atoms with van der Waals surface area (Å²) in [7, 11) is 0. The minimum absolute atomic E-state index is 0.134. The molecule has 0 aliphatic rings. The topological polar surface area (TPSA) is 17.8 Å². The van der Waals surface area contributed by atoms with Crippen molar-refractivity contribution in [2.75, 3.05) is 0 Å². The van der Waals surface area contributed by atoms with Gasteiger partial charge in [0.05, 0.1) is 6.33 Å². The molecule has 0 spiro atoms. The summed E-state index contributed by atoms with van der Waals surface area (Å²) in [5.41, 5.74) is -0.134. The number of nitrogens with zero attached hydrogens (tertiary/aromatic N) is 2. The minimum Gasteiger partial charge on any atom is -0.321 e. The van der Waals surface area contributed by atoms with E-state index in [1.807, 2.05) is 17.7 Å². The van der Waals surface area contributed by atoms with Gasteiger partial charge < -0.3 is 4.57 Å². The molecule has 0 saturated heterocycles. The Labute approximate surface area is 67.3 Å².